The van der Waals surface area contributed by atoms with E-state index in [-0.39, 0.29) is 37.1 Å². The van der Waals surface area contributed by atoms with Crippen LogP contribution in [0.15, 0.2) is 15.5 Å². The van der Waals surface area contributed by atoms with E-state index in [0.29, 0.717) is 30.4 Å². The molecule has 0 aliphatic heterocycles. The van der Waals surface area contributed by atoms with E-state index in [1.165, 1.54) is 0 Å². The number of aliphatic imine (C=N–C) groups is 1. The summed E-state index contributed by atoms with van der Waals surface area (Å²) in [7, 11) is -3.21. The molecule has 1 aromatic rings. The predicted molar refractivity (Wildman–Crippen MR) is 110 cm³/mol. The van der Waals surface area contributed by atoms with E-state index < -0.39 is 15.6 Å². The molecular weight excluding hydrogens is 459 g/mol. The SMILES string of the molecule is CCNC(=NCC(C)(O)c1cc(C)oc1C)NCCNS(C)(=O)=O.I. The Balaban J connectivity index is 0.00000576. The smallest absolute Gasteiger partial charge is 0.208 e. The van der Waals surface area contributed by atoms with Gasteiger partial charge in [0.05, 0.1) is 12.8 Å². The number of furan rings is 1. The molecule has 0 aliphatic rings. The van der Waals surface area contributed by atoms with Gasteiger partial charge in [-0.05, 0) is 33.8 Å². The molecular formula is C15H29IN4O4S. The highest BCUT2D eigenvalue weighted by Gasteiger charge is 2.27. The van der Waals surface area contributed by atoms with Crippen molar-refractivity contribution in [3.63, 3.8) is 0 Å². The fourth-order valence-electron chi connectivity index (χ4n) is 2.24. The van der Waals surface area contributed by atoms with Crippen molar-refractivity contribution in [3.05, 3.63) is 23.2 Å². The van der Waals surface area contributed by atoms with Crippen LogP contribution in [0.25, 0.3) is 0 Å². The second-order valence-electron chi connectivity index (χ2n) is 5.89. The zero-order valence-electron chi connectivity index (χ0n) is 15.3. The van der Waals surface area contributed by atoms with Crippen LogP contribution in [0.5, 0.6) is 0 Å². The predicted octanol–water partition coefficient (Wildman–Crippen LogP) is 0.826. The Kier molecular flexibility index (Phi) is 9.98. The monoisotopic (exact) mass is 488 g/mol. The number of hydrogen-bond acceptors (Lipinski definition) is 5. The number of hydrogen-bond donors (Lipinski definition) is 4. The van der Waals surface area contributed by atoms with Crippen LogP contribution in [-0.4, -0.2) is 51.9 Å². The highest BCUT2D eigenvalue weighted by atomic mass is 127. The van der Waals surface area contributed by atoms with Crippen LogP contribution in [0, 0.1) is 13.8 Å². The molecule has 0 saturated heterocycles. The van der Waals surface area contributed by atoms with E-state index >= 15 is 0 Å². The van der Waals surface area contributed by atoms with Gasteiger partial charge in [0.15, 0.2) is 5.96 Å². The number of aliphatic hydroxyl groups is 1. The normalized spacial score (nSPS) is 14.6. The van der Waals surface area contributed by atoms with Gasteiger partial charge >= 0.3 is 0 Å². The molecule has 25 heavy (non-hydrogen) atoms. The molecule has 0 spiro atoms. The molecule has 1 heterocycles. The molecule has 10 heteroatoms. The van der Waals surface area contributed by atoms with Crippen LogP contribution in [0.3, 0.4) is 0 Å². The Morgan fingerprint density at radius 2 is 1.96 bits per heavy atom. The Morgan fingerprint density at radius 1 is 1.32 bits per heavy atom. The van der Waals surface area contributed by atoms with E-state index in [0.717, 1.165) is 12.0 Å². The summed E-state index contributed by atoms with van der Waals surface area (Å²) >= 11 is 0. The number of halogens is 1. The van der Waals surface area contributed by atoms with E-state index in [1.807, 2.05) is 13.8 Å². The molecule has 1 unspecified atom stereocenters. The number of nitrogens with one attached hydrogen (secondary N) is 3. The molecule has 0 saturated carbocycles. The van der Waals surface area contributed by atoms with Gasteiger partial charge < -0.3 is 20.2 Å². The van der Waals surface area contributed by atoms with Gasteiger partial charge in [-0.25, -0.2) is 18.1 Å². The lowest BCUT2D eigenvalue weighted by Crippen LogP contribution is -2.42. The van der Waals surface area contributed by atoms with Gasteiger partial charge in [0.2, 0.25) is 10.0 Å². The number of nitrogens with zero attached hydrogens (tertiary/aromatic N) is 1. The highest BCUT2D eigenvalue weighted by molar-refractivity contribution is 14.0. The van der Waals surface area contributed by atoms with E-state index in [2.05, 4.69) is 20.3 Å². The summed E-state index contributed by atoms with van der Waals surface area (Å²) in [5, 5.41) is 16.7. The fourth-order valence-corrected chi connectivity index (χ4v) is 2.72. The summed E-state index contributed by atoms with van der Waals surface area (Å²) in [6, 6.07) is 1.81. The van der Waals surface area contributed by atoms with Crippen LogP contribution in [0.4, 0.5) is 0 Å². The Morgan fingerprint density at radius 3 is 2.44 bits per heavy atom. The van der Waals surface area contributed by atoms with Gasteiger partial charge in [-0.1, -0.05) is 0 Å². The molecule has 1 atom stereocenters. The molecule has 0 aliphatic carbocycles. The highest BCUT2D eigenvalue weighted by Crippen LogP contribution is 2.27. The maximum atomic E-state index is 11.0. The van der Waals surface area contributed by atoms with E-state index in [1.54, 1.807) is 19.9 Å². The molecule has 8 nitrogen and oxygen atoms in total. The molecule has 0 aromatic carbocycles. The van der Waals surface area contributed by atoms with Crippen molar-refractivity contribution < 1.29 is 17.9 Å². The fraction of sp³-hybridized carbons (Fsp3) is 0.667. The summed E-state index contributed by atoms with van der Waals surface area (Å²) in [5.74, 6) is 1.91. The first kappa shape index (κ1) is 24.1. The Hall–Kier alpha value is -0.850. The maximum absolute atomic E-state index is 11.0. The van der Waals surface area contributed by atoms with Crippen molar-refractivity contribution in [1.82, 2.24) is 15.4 Å². The lowest BCUT2D eigenvalue weighted by molar-refractivity contribution is 0.0657. The first-order chi connectivity index (χ1) is 11.0. The zero-order chi connectivity index (χ0) is 18.4. The molecule has 1 rings (SSSR count). The number of guanidine groups is 1. The Bertz CT molecular complexity index is 671. The van der Waals surface area contributed by atoms with Gasteiger partial charge in [-0.2, -0.15) is 0 Å². The van der Waals surface area contributed by atoms with Crippen molar-refractivity contribution in [2.75, 3.05) is 32.4 Å². The van der Waals surface area contributed by atoms with Crippen LogP contribution in [0.2, 0.25) is 0 Å². The number of rotatable bonds is 8. The largest absolute Gasteiger partial charge is 0.466 e. The van der Waals surface area contributed by atoms with Crippen molar-refractivity contribution >= 4 is 40.0 Å². The third-order valence-corrected chi connectivity index (χ3v) is 4.02. The third-order valence-electron chi connectivity index (χ3n) is 3.29. The Labute approximate surface area is 166 Å². The van der Waals surface area contributed by atoms with Crippen LogP contribution < -0.4 is 15.4 Å². The van der Waals surface area contributed by atoms with Crippen LogP contribution in [-0.2, 0) is 15.6 Å². The topological polar surface area (TPSA) is 116 Å². The van der Waals surface area contributed by atoms with Crippen molar-refractivity contribution in [2.24, 2.45) is 4.99 Å². The summed E-state index contributed by atoms with van der Waals surface area (Å²) in [6.07, 6.45) is 1.11. The van der Waals surface area contributed by atoms with E-state index in [9.17, 15) is 13.5 Å². The van der Waals surface area contributed by atoms with Gasteiger partial charge in [0, 0.05) is 25.2 Å². The quantitative estimate of drug-likeness (QED) is 0.187. The number of sulfonamides is 1. The minimum absolute atomic E-state index is 0. The maximum Gasteiger partial charge on any atom is 0.208 e. The average Bonchev–Trinajstić information content (AvgIpc) is 2.79. The van der Waals surface area contributed by atoms with Crippen molar-refractivity contribution in [3.8, 4) is 0 Å². The molecule has 0 radical (unpaired) electrons. The van der Waals surface area contributed by atoms with Gasteiger partial charge in [0.25, 0.3) is 0 Å². The summed E-state index contributed by atoms with van der Waals surface area (Å²) in [5.41, 5.74) is -0.451. The first-order valence-corrected chi connectivity index (χ1v) is 9.71. The minimum Gasteiger partial charge on any atom is -0.466 e. The second kappa shape index (κ2) is 10.3. The molecule has 0 amide bonds. The summed E-state index contributed by atoms with van der Waals surface area (Å²) in [6.45, 7) is 8.66. The minimum atomic E-state index is -3.21. The molecule has 4 N–H and O–H groups in total. The lowest BCUT2D eigenvalue weighted by atomic mass is 9.96. The third kappa shape index (κ3) is 8.88. The van der Waals surface area contributed by atoms with Gasteiger partial charge in [-0.15, -0.1) is 24.0 Å². The van der Waals surface area contributed by atoms with E-state index in [4.69, 9.17) is 4.42 Å². The van der Waals surface area contributed by atoms with Crippen LogP contribution in [0.1, 0.15) is 30.9 Å². The average molecular weight is 488 g/mol. The van der Waals surface area contributed by atoms with Crippen molar-refractivity contribution in [2.45, 2.75) is 33.3 Å². The first-order valence-electron chi connectivity index (χ1n) is 7.82. The molecule has 1 aromatic heterocycles. The second-order valence-corrected chi connectivity index (χ2v) is 7.72. The zero-order valence-corrected chi connectivity index (χ0v) is 18.5. The van der Waals surface area contributed by atoms with Gasteiger partial charge in [-0.3, -0.25) is 0 Å². The molecule has 0 bridgehead atoms. The molecule has 0 fully saturated rings. The van der Waals surface area contributed by atoms with Gasteiger partial charge in [0.1, 0.15) is 17.1 Å². The lowest BCUT2D eigenvalue weighted by Gasteiger charge is -2.21. The van der Waals surface area contributed by atoms with Crippen molar-refractivity contribution in [1.29, 1.82) is 0 Å². The molecule has 146 valence electrons. The number of aryl methyl sites for hydroxylation is 2. The van der Waals surface area contributed by atoms with Crippen LogP contribution >= 0.6 is 24.0 Å². The summed E-state index contributed by atoms with van der Waals surface area (Å²) < 4.78 is 29.9. The standard InChI is InChI=1S/C15H28N4O4S.HI/c1-6-16-14(17-7-8-19-24(5,21)22)18-10-15(4,20)13-9-11(2)23-12(13)3;/h9,19-20H,6-8,10H2,1-5H3,(H2,16,17,18);1H. The summed E-state index contributed by atoms with van der Waals surface area (Å²) in [4.78, 5) is 4.37.